The van der Waals surface area contributed by atoms with Gasteiger partial charge in [-0.2, -0.15) is 0 Å². The maximum atomic E-state index is 5.52. The van der Waals surface area contributed by atoms with Crippen molar-refractivity contribution in [1.29, 1.82) is 0 Å². The summed E-state index contributed by atoms with van der Waals surface area (Å²) in [4.78, 5) is 0. The molecule has 0 amide bonds. The molecule has 0 aliphatic rings. The first-order valence-electron chi connectivity index (χ1n) is 5.55. The molecule has 0 aliphatic heterocycles. The third kappa shape index (κ3) is 6.25. The van der Waals surface area contributed by atoms with E-state index >= 15 is 0 Å². The Hall–Kier alpha value is -1.28. The van der Waals surface area contributed by atoms with Crippen molar-refractivity contribution >= 4 is 6.08 Å². The van der Waals surface area contributed by atoms with Crippen LogP contribution in [0.3, 0.4) is 0 Å². The third-order valence-electron chi connectivity index (χ3n) is 1.89. The molecule has 88 valence electrons. The lowest BCUT2D eigenvalue weighted by atomic mass is 10.2. The van der Waals surface area contributed by atoms with Gasteiger partial charge in [0.25, 0.3) is 0 Å². The zero-order valence-corrected chi connectivity index (χ0v) is 10.3. The van der Waals surface area contributed by atoms with E-state index in [-0.39, 0.29) is 5.60 Å². The maximum absolute atomic E-state index is 5.52. The summed E-state index contributed by atoms with van der Waals surface area (Å²) in [6.07, 6.45) is 3.65. The van der Waals surface area contributed by atoms with Crippen molar-refractivity contribution in [2.75, 3.05) is 13.2 Å². The number of ether oxygens (including phenoxy) is 2. The normalized spacial score (nSPS) is 11.9. The van der Waals surface area contributed by atoms with Crippen LogP contribution in [0.5, 0.6) is 0 Å². The molecule has 0 aromatic heterocycles. The zero-order chi connectivity index (χ0) is 11.9. The number of hydrogen-bond acceptors (Lipinski definition) is 2. The van der Waals surface area contributed by atoms with E-state index in [1.54, 1.807) is 6.26 Å². The fourth-order valence-corrected chi connectivity index (χ4v) is 1.15. The van der Waals surface area contributed by atoms with Crippen molar-refractivity contribution < 1.29 is 9.47 Å². The van der Waals surface area contributed by atoms with Crippen LogP contribution in [0.1, 0.15) is 26.3 Å². The summed E-state index contributed by atoms with van der Waals surface area (Å²) in [5, 5.41) is 0. The van der Waals surface area contributed by atoms with Crippen LogP contribution in [0.2, 0.25) is 0 Å². The lowest BCUT2D eigenvalue weighted by molar-refractivity contribution is -0.0219. The van der Waals surface area contributed by atoms with Crippen LogP contribution in [-0.4, -0.2) is 18.8 Å². The van der Waals surface area contributed by atoms with E-state index in [1.807, 2.05) is 57.2 Å². The summed E-state index contributed by atoms with van der Waals surface area (Å²) in [5.74, 6) is 0. The van der Waals surface area contributed by atoms with Gasteiger partial charge in [-0.15, -0.1) is 0 Å². The van der Waals surface area contributed by atoms with Crippen molar-refractivity contribution in [2.24, 2.45) is 0 Å². The quantitative estimate of drug-likeness (QED) is 0.558. The van der Waals surface area contributed by atoms with Gasteiger partial charge in [0, 0.05) is 0 Å². The van der Waals surface area contributed by atoms with Gasteiger partial charge in [-0.25, -0.2) is 0 Å². The van der Waals surface area contributed by atoms with Crippen molar-refractivity contribution in [3.8, 4) is 0 Å². The third-order valence-corrected chi connectivity index (χ3v) is 1.89. The van der Waals surface area contributed by atoms with Crippen molar-refractivity contribution in [1.82, 2.24) is 0 Å². The van der Waals surface area contributed by atoms with Gasteiger partial charge in [0.15, 0.2) is 0 Å². The highest BCUT2D eigenvalue weighted by atomic mass is 16.5. The van der Waals surface area contributed by atoms with Gasteiger partial charge >= 0.3 is 0 Å². The molecular weight excluding hydrogens is 200 g/mol. The summed E-state index contributed by atoms with van der Waals surface area (Å²) in [6, 6.07) is 10.1. The summed E-state index contributed by atoms with van der Waals surface area (Å²) >= 11 is 0. The second-order valence-corrected chi connectivity index (χ2v) is 4.55. The molecule has 16 heavy (non-hydrogen) atoms. The van der Waals surface area contributed by atoms with E-state index in [1.165, 1.54) is 0 Å². The molecule has 0 N–H and O–H groups in total. The van der Waals surface area contributed by atoms with Crippen molar-refractivity contribution in [3.05, 3.63) is 42.2 Å². The Morgan fingerprint density at radius 3 is 2.38 bits per heavy atom. The average Bonchev–Trinajstić information content (AvgIpc) is 2.23. The molecule has 0 saturated carbocycles. The minimum absolute atomic E-state index is 0.0908. The second kappa shape index (κ2) is 6.33. The highest BCUT2D eigenvalue weighted by Gasteiger charge is 2.08. The lowest BCUT2D eigenvalue weighted by Crippen LogP contribution is -2.21. The SMILES string of the molecule is CC(C)(C)OCCOC=Cc1ccccc1. The van der Waals surface area contributed by atoms with Gasteiger partial charge in [0.1, 0.15) is 6.61 Å². The summed E-state index contributed by atoms with van der Waals surface area (Å²) in [7, 11) is 0. The smallest absolute Gasteiger partial charge is 0.111 e. The topological polar surface area (TPSA) is 18.5 Å². The maximum Gasteiger partial charge on any atom is 0.111 e. The van der Waals surface area contributed by atoms with Crippen LogP contribution in [-0.2, 0) is 9.47 Å². The Kier molecular flexibility index (Phi) is 5.06. The first kappa shape index (κ1) is 12.8. The van der Waals surface area contributed by atoms with Crippen LogP contribution in [0.4, 0.5) is 0 Å². The van der Waals surface area contributed by atoms with Gasteiger partial charge in [0.2, 0.25) is 0 Å². The predicted octanol–water partition coefficient (Wildman–Crippen LogP) is 3.49. The minimum Gasteiger partial charge on any atom is -0.499 e. The zero-order valence-electron chi connectivity index (χ0n) is 10.3. The van der Waals surface area contributed by atoms with Crippen LogP contribution in [0.15, 0.2) is 36.6 Å². The molecule has 0 saturated heterocycles. The second-order valence-electron chi connectivity index (χ2n) is 4.55. The van der Waals surface area contributed by atoms with Crippen molar-refractivity contribution in [3.63, 3.8) is 0 Å². The fourth-order valence-electron chi connectivity index (χ4n) is 1.15. The van der Waals surface area contributed by atoms with Gasteiger partial charge in [-0.1, -0.05) is 30.3 Å². The van der Waals surface area contributed by atoms with Crippen LogP contribution >= 0.6 is 0 Å². The highest BCUT2D eigenvalue weighted by Crippen LogP contribution is 2.06. The Morgan fingerprint density at radius 2 is 1.75 bits per heavy atom. The van der Waals surface area contributed by atoms with Gasteiger partial charge < -0.3 is 9.47 Å². The molecule has 0 fully saturated rings. The van der Waals surface area contributed by atoms with E-state index in [4.69, 9.17) is 9.47 Å². The van der Waals surface area contributed by atoms with Gasteiger partial charge in [-0.3, -0.25) is 0 Å². The molecular formula is C14H20O2. The monoisotopic (exact) mass is 220 g/mol. The van der Waals surface area contributed by atoms with Crippen LogP contribution in [0.25, 0.3) is 6.08 Å². The summed E-state index contributed by atoms with van der Waals surface area (Å²) in [6.45, 7) is 7.30. The van der Waals surface area contributed by atoms with E-state index in [9.17, 15) is 0 Å². The molecule has 2 heteroatoms. The number of benzene rings is 1. The Balaban J connectivity index is 2.14. The van der Waals surface area contributed by atoms with Crippen LogP contribution < -0.4 is 0 Å². The predicted molar refractivity (Wildman–Crippen MR) is 67.1 cm³/mol. The largest absolute Gasteiger partial charge is 0.499 e. The minimum atomic E-state index is -0.0908. The molecule has 0 heterocycles. The van der Waals surface area contributed by atoms with Gasteiger partial charge in [0.05, 0.1) is 18.5 Å². The molecule has 0 atom stereocenters. The Labute approximate surface area is 97.9 Å². The molecule has 2 nitrogen and oxygen atoms in total. The van der Waals surface area contributed by atoms with E-state index in [2.05, 4.69) is 0 Å². The average molecular weight is 220 g/mol. The molecule has 0 radical (unpaired) electrons. The number of rotatable bonds is 5. The lowest BCUT2D eigenvalue weighted by Gasteiger charge is -2.18. The molecule has 0 spiro atoms. The Morgan fingerprint density at radius 1 is 1.06 bits per heavy atom. The molecule has 0 aliphatic carbocycles. The van der Waals surface area contributed by atoms with E-state index in [0.717, 1.165) is 5.56 Å². The molecule has 0 unspecified atom stereocenters. The molecule has 1 aromatic rings. The first-order valence-corrected chi connectivity index (χ1v) is 5.55. The first-order chi connectivity index (χ1) is 7.58. The van der Waals surface area contributed by atoms with Gasteiger partial charge in [-0.05, 0) is 32.4 Å². The van der Waals surface area contributed by atoms with E-state index in [0.29, 0.717) is 13.2 Å². The van der Waals surface area contributed by atoms with Crippen LogP contribution in [0, 0.1) is 0 Å². The van der Waals surface area contributed by atoms with Crippen molar-refractivity contribution in [2.45, 2.75) is 26.4 Å². The highest BCUT2D eigenvalue weighted by molar-refractivity contribution is 5.47. The Bertz CT molecular complexity index is 309. The molecule has 1 rings (SSSR count). The molecule has 0 bridgehead atoms. The summed E-state index contributed by atoms with van der Waals surface area (Å²) < 4.78 is 10.9. The fraction of sp³-hybridized carbons (Fsp3) is 0.429. The summed E-state index contributed by atoms with van der Waals surface area (Å²) in [5.41, 5.74) is 1.05. The van der Waals surface area contributed by atoms with E-state index < -0.39 is 0 Å². The standard InChI is InChI=1S/C14H20O2/c1-14(2,3)16-12-11-15-10-9-13-7-5-4-6-8-13/h4-10H,11-12H2,1-3H3. The molecule has 1 aromatic carbocycles. The number of hydrogen-bond donors (Lipinski definition) is 0.